The van der Waals surface area contributed by atoms with Gasteiger partial charge in [0, 0.05) is 37.4 Å². The topological polar surface area (TPSA) is 157 Å². The molecule has 6 unspecified atom stereocenters. The third kappa shape index (κ3) is 11.6. The summed E-state index contributed by atoms with van der Waals surface area (Å²) in [6.07, 6.45) is 2.42. The molecule has 0 aliphatic carbocycles. The van der Waals surface area contributed by atoms with Crippen molar-refractivity contribution in [2.24, 2.45) is 23.7 Å². The van der Waals surface area contributed by atoms with Gasteiger partial charge >= 0.3 is 0 Å². The van der Waals surface area contributed by atoms with Gasteiger partial charge < -0.3 is 44.7 Å². The van der Waals surface area contributed by atoms with E-state index in [1.807, 2.05) is 13.0 Å². The van der Waals surface area contributed by atoms with Crippen molar-refractivity contribution in [1.82, 2.24) is 4.90 Å². The molecule has 0 aromatic carbocycles. The average Bonchev–Trinajstić information content (AvgIpc) is 2.92. The number of hydrogen-bond acceptors (Lipinski definition) is 10. The van der Waals surface area contributed by atoms with Crippen LogP contribution in [0.3, 0.4) is 0 Å². The summed E-state index contributed by atoms with van der Waals surface area (Å²) in [5, 5.41) is 51.4. The van der Waals surface area contributed by atoms with E-state index in [1.165, 1.54) is 6.08 Å². The standard InChI is InChI=1S/C31H55NO9/c1-8-9-23(18-35)16-19(2)10-11-25(36)20(3)17-24(12-14-33)30(21(4)26(37)13-15-34)41-31-29(39)27(32(6)7)28(38)22(5)40-31/h10-11,14,16,20-24,26-31,34-35,37-39H,8-9,12-13,15,17-18H2,1-7H3/t20?,21?,22-,23?,24?,26?,27-,28-,29-,30?,31+/m1/s1. The Morgan fingerprint density at radius 3 is 2.29 bits per heavy atom. The summed E-state index contributed by atoms with van der Waals surface area (Å²) in [4.78, 5) is 26.5. The smallest absolute Gasteiger partial charge is 0.185 e. The Bertz CT molecular complexity index is 832. The fourth-order valence-corrected chi connectivity index (χ4v) is 5.63. The van der Waals surface area contributed by atoms with Crippen molar-refractivity contribution in [3.8, 4) is 0 Å². The number of hydrogen-bond donors (Lipinski definition) is 5. The molecule has 0 amide bonds. The van der Waals surface area contributed by atoms with E-state index in [2.05, 4.69) is 6.92 Å². The predicted molar refractivity (Wildman–Crippen MR) is 157 cm³/mol. The number of carbonyl (C=O) groups excluding carboxylic acids is 2. The van der Waals surface area contributed by atoms with Gasteiger partial charge in [-0.25, -0.2) is 0 Å². The molecule has 1 fully saturated rings. The molecule has 1 aliphatic heterocycles. The highest BCUT2D eigenvalue weighted by atomic mass is 16.7. The number of ketones is 1. The molecule has 41 heavy (non-hydrogen) atoms. The van der Waals surface area contributed by atoms with Crippen LogP contribution in [-0.4, -0.2) is 113 Å². The van der Waals surface area contributed by atoms with E-state index in [-0.39, 0.29) is 44.2 Å². The lowest BCUT2D eigenvalue weighted by molar-refractivity contribution is -0.304. The van der Waals surface area contributed by atoms with Gasteiger partial charge in [-0.15, -0.1) is 0 Å². The number of ether oxygens (including phenoxy) is 2. The van der Waals surface area contributed by atoms with Gasteiger partial charge in [0.05, 0.1) is 30.5 Å². The molecule has 0 aromatic heterocycles. The maximum atomic E-state index is 13.1. The van der Waals surface area contributed by atoms with Crippen LogP contribution in [0.1, 0.15) is 66.7 Å². The third-order valence-corrected chi connectivity index (χ3v) is 8.15. The highest BCUT2D eigenvalue weighted by Crippen LogP contribution is 2.33. The molecule has 1 aliphatic rings. The number of aliphatic hydroxyl groups is 5. The largest absolute Gasteiger partial charge is 0.396 e. The number of rotatable bonds is 19. The number of aldehydes is 1. The lowest BCUT2D eigenvalue weighted by atomic mass is 9.80. The number of carbonyl (C=O) groups is 2. The zero-order chi connectivity index (χ0) is 31.3. The molecule has 1 heterocycles. The first-order valence-electron chi connectivity index (χ1n) is 14.9. The van der Waals surface area contributed by atoms with E-state index in [0.29, 0.717) is 0 Å². The summed E-state index contributed by atoms with van der Waals surface area (Å²) in [6.45, 7) is 8.93. The van der Waals surface area contributed by atoms with Crippen LogP contribution in [0, 0.1) is 23.7 Å². The number of likely N-dealkylation sites (N-methyl/N-ethyl adjacent to an activating group) is 1. The Kier molecular flexibility index (Phi) is 17.3. The first-order valence-corrected chi connectivity index (χ1v) is 14.9. The average molecular weight is 586 g/mol. The van der Waals surface area contributed by atoms with Crippen LogP contribution >= 0.6 is 0 Å². The molecule has 0 bridgehead atoms. The van der Waals surface area contributed by atoms with Gasteiger partial charge in [-0.1, -0.05) is 44.9 Å². The van der Waals surface area contributed by atoms with Crippen LogP contribution in [0.4, 0.5) is 0 Å². The monoisotopic (exact) mass is 585 g/mol. The molecule has 0 spiro atoms. The molecule has 0 aromatic rings. The van der Waals surface area contributed by atoms with E-state index >= 15 is 0 Å². The zero-order valence-corrected chi connectivity index (χ0v) is 25.9. The Morgan fingerprint density at radius 1 is 1.10 bits per heavy atom. The van der Waals surface area contributed by atoms with E-state index in [4.69, 9.17) is 9.47 Å². The van der Waals surface area contributed by atoms with Gasteiger partial charge in [-0.2, -0.15) is 0 Å². The lowest BCUT2D eigenvalue weighted by Gasteiger charge is -2.46. The van der Waals surface area contributed by atoms with Crippen molar-refractivity contribution in [3.63, 3.8) is 0 Å². The molecule has 1 rings (SSSR count). The van der Waals surface area contributed by atoms with E-state index in [0.717, 1.165) is 24.7 Å². The van der Waals surface area contributed by atoms with Gasteiger partial charge in [-0.3, -0.25) is 4.79 Å². The first kappa shape index (κ1) is 37.5. The molecule has 1 saturated heterocycles. The van der Waals surface area contributed by atoms with Crippen LogP contribution in [0.5, 0.6) is 0 Å². The molecule has 0 radical (unpaired) electrons. The zero-order valence-electron chi connectivity index (χ0n) is 25.9. The first-order chi connectivity index (χ1) is 19.3. The van der Waals surface area contributed by atoms with Gasteiger partial charge in [0.1, 0.15) is 12.4 Å². The van der Waals surface area contributed by atoms with Gasteiger partial charge in [0.15, 0.2) is 12.1 Å². The van der Waals surface area contributed by atoms with Crippen molar-refractivity contribution < 1.29 is 44.6 Å². The van der Waals surface area contributed by atoms with Crippen molar-refractivity contribution in [1.29, 1.82) is 0 Å². The summed E-state index contributed by atoms with van der Waals surface area (Å²) in [5.74, 6) is -1.65. The summed E-state index contributed by atoms with van der Waals surface area (Å²) in [5.41, 5.74) is 0.875. The van der Waals surface area contributed by atoms with Crippen LogP contribution in [0.2, 0.25) is 0 Å². The molecule has 10 nitrogen and oxygen atoms in total. The predicted octanol–water partition coefficient (Wildman–Crippen LogP) is 1.86. The van der Waals surface area contributed by atoms with E-state index in [1.54, 1.807) is 45.8 Å². The Balaban J connectivity index is 3.22. The number of allylic oxidation sites excluding steroid dienone is 3. The second-order valence-corrected chi connectivity index (χ2v) is 11.9. The van der Waals surface area contributed by atoms with E-state index in [9.17, 15) is 35.1 Å². The van der Waals surface area contributed by atoms with Crippen LogP contribution in [0.15, 0.2) is 23.8 Å². The SMILES string of the molecule is CCCC(C=C(C)C=CC(=O)C(C)CC(CC=O)C(O[C@@H]1O[C@H](C)[C@@H](O)[C@@H](N(C)C)[C@H]1O)C(C)C(O)CCO)CO. The summed E-state index contributed by atoms with van der Waals surface area (Å²) >= 11 is 0. The Morgan fingerprint density at radius 2 is 1.76 bits per heavy atom. The summed E-state index contributed by atoms with van der Waals surface area (Å²) < 4.78 is 12.2. The minimum absolute atomic E-state index is 0.0344. The normalized spacial score (nSPS) is 28.3. The van der Waals surface area contributed by atoms with Crippen molar-refractivity contribution >= 4 is 12.1 Å². The Hall–Kier alpha value is -1.50. The highest BCUT2D eigenvalue weighted by Gasteiger charge is 2.47. The Labute approximate surface area is 246 Å². The molecule has 10 heteroatoms. The molecule has 238 valence electrons. The quantitative estimate of drug-likeness (QED) is 0.0861. The van der Waals surface area contributed by atoms with Crippen LogP contribution in [-0.2, 0) is 19.1 Å². The van der Waals surface area contributed by atoms with Crippen molar-refractivity contribution in [3.05, 3.63) is 23.8 Å². The van der Waals surface area contributed by atoms with Crippen molar-refractivity contribution in [2.45, 2.75) is 110 Å². The second-order valence-electron chi connectivity index (χ2n) is 11.9. The fourth-order valence-electron chi connectivity index (χ4n) is 5.63. The van der Waals surface area contributed by atoms with E-state index < -0.39 is 60.6 Å². The molecule has 5 N–H and O–H groups in total. The lowest BCUT2D eigenvalue weighted by Crippen LogP contribution is -2.63. The summed E-state index contributed by atoms with van der Waals surface area (Å²) in [6, 6.07) is -0.670. The third-order valence-electron chi connectivity index (χ3n) is 8.15. The minimum atomic E-state index is -1.22. The fraction of sp³-hybridized carbons (Fsp3) is 0.806. The van der Waals surface area contributed by atoms with Crippen LogP contribution < -0.4 is 0 Å². The minimum Gasteiger partial charge on any atom is -0.396 e. The van der Waals surface area contributed by atoms with Gasteiger partial charge in [0.2, 0.25) is 0 Å². The van der Waals surface area contributed by atoms with Gasteiger partial charge in [0.25, 0.3) is 0 Å². The maximum Gasteiger partial charge on any atom is 0.185 e. The second kappa shape index (κ2) is 18.9. The van der Waals surface area contributed by atoms with Crippen LogP contribution in [0.25, 0.3) is 0 Å². The molecule has 11 atom stereocenters. The molecular formula is C31H55NO9. The number of aliphatic hydroxyl groups excluding tert-OH is 5. The van der Waals surface area contributed by atoms with Gasteiger partial charge in [-0.05, 0) is 59.2 Å². The summed E-state index contributed by atoms with van der Waals surface area (Å²) in [7, 11) is 3.47. The van der Waals surface area contributed by atoms with Crippen molar-refractivity contribution in [2.75, 3.05) is 27.3 Å². The molecular weight excluding hydrogens is 530 g/mol. The number of nitrogens with zero attached hydrogens (tertiary/aromatic N) is 1. The molecule has 0 saturated carbocycles. The highest BCUT2D eigenvalue weighted by molar-refractivity contribution is 5.91. The maximum absolute atomic E-state index is 13.1.